The van der Waals surface area contributed by atoms with E-state index < -0.39 is 0 Å². The zero-order valence-electron chi connectivity index (χ0n) is 25.0. The van der Waals surface area contributed by atoms with Crippen molar-refractivity contribution in [3.8, 4) is 17.1 Å². The van der Waals surface area contributed by atoms with Crippen LogP contribution in [0.1, 0.15) is 78.1 Å². The number of piperazine rings is 1. The first kappa shape index (κ1) is 32.1. The minimum Gasteiger partial charge on any atom is -0.339 e. The molecule has 7 nitrogen and oxygen atoms in total. The first-order valence-corrected chi connectivity index (χ1v) is 16.8. The van der Waals surface area contributed by atoms with E-state index in [-0.39, 0.29) is 17.9 Å². The number of carbonyl (C=O) groups is 2. The number of carbonyl (C=O) groups excluding carboxylic acids is 2. The number of hydrogen-bond donors (Lipinski definition) is 0. The molecule has 42 heavy (non-hydrogen) atoms. The van der Waals surface area contributed by atoms with Crippen LogP contribution >= 0.6 is 23.4 Å². The number of rotatable bonds is 15. The van der Waals surface area contributed by atoms with E-state index in [1.54, 1.807) is 11.8 Å². The molecule has 2 heterocycles. The third kappa shape index (κ3) is 8.83. The number of hydrogen-bond acceptors (Lipinski definition) is 5. The third-order valence-electron chi connectivity index (χ3n) is 7.82. The molecule has 0 N–H and O–H groups in total. The van der Waals surface area contributed by atoms with Crippen LogP contribution in [-0.2, 0) is 9.59 Å². The molecule has 0 spiro atoms. The minimum atomic E-state index is 0.0572. The minimum absolute atomic E-state index is 0.0572. The van der Waals surface area contributed by atoms with E-state index in [1.165, 1.54) is 32.1 Å². The van der Waals surface area contributed by atoms with Crippen LogP contribution in [0.5, 0.6) is 0 Å². The first-order valence-electron chi connectivity index (χ1n) is 15.5. The number of benzene rings is 2. The van der Waals surface area contributed by atoms with Crippen molar-refractivity contribution in [2.75, 3.05) is 25.4 Å². The van der Waals surface area contributed by atoms with Crippen molar-refractivity contribution >= 4 is 35.2 Å². The average Bonchev–Trinajstić information content (AvgIpc) is 3.42. The fourth-order valence-electron chi connectivity index (χ4n) is 5.47. The van der Waals surface area contributed by atoms with Crippen LogP contribution in [0.3, 0.4) is 0 Å². The Bertz CT molecular complexity index is 1280. The van der Waals surface area contributed by atoms with Gasteiger partial charge in [-0.15, -0.1) is 10.2 Å². The van der Waals surface area contributed by atoms with Crippen LogP contribution in [0.15, 0.2) is 59.8 Å². The molecule has 0 bridgehead atoms. The molecular formula is C33H44ClN5O2S. The van der Waals surface area contributed by atoms with Gasteiger partial charge in [-0.05, 0) is 44.0 Å². The van der Waals surface area contributed by atoms with E-state index in [2.05, 4.69) is 24.0 Å². The highest BCUT2D eigenvalue weighted by Gasteiger charge is 2.29. The lowest BCUT2D eigenvalue weighted by atomic mass is 10.1. The van der Waals surface area contributed by atoms with E-state index in [0.29, 0.717) is 43.3 Å². The maximum Gasteiger partial charge on any atom is 0.222 e. The number of aromatic nitrogens is 3. The first-order chi connectivity index (χ1) is 20.5. The van der Waals surface area contributed by atoms with Gasteiger partial charge in [0, 0.05) is 55.5 Å². The van der Waals surface area contributed by atoms with Crippen LogP contribution in [0.25, 0.3) is 17.1 Å². The van der Waals surface area contributed by atoms with Gasteiger partial charge < -0.3 is 9.80 Å². The largest absolute Gasteiger partial charge is 0.339 e. The van der Waals surface area contributed by atoms with Crippen molar-refractivity contribution in [3.63, 3.8) is 0 Å². The molecule has 1 saturated heterocycles. The smallest absolute Gasteiger partial charge is 0.222 e. The molecule has 1 atom stereocenters. The normalized spacial score (nSPS) is 15.3. The molecule has 1 unspecified atom stereocenters. The van der Waals surface area contributed by atoms with Gasteiger partial charge >= 0.3 is 0 Å². The van der Waals surface area contributed by atoms with Gasteiger partial charge in [0.25, 0.3) is 0 Å². The summed E-state index contributed by atoms with van der Waals surface area (Å²) >= 11 is 8.09. The predicted octanol–water partition coefficient (Wildman–Crippen LogP) is 7.66. The Hall–Kier alpha value is -2.84. The second-order valence-electron chi connectivity index (χ2n) is 11.1. The Morgan fingerprint density at radius 2 is 1.55 bits per heavy atom. The topological polar surface area (TPSA) is 71.3 Å². The predicted molar refractivity (Wildman–Crippen MR) is 172 cm³/mol. The van der Waals surface area contributed by atoms with Gasteiger partial charge in [0.1, 0.15) is 0 Å². The molecule has 1 aliphatic rings. The Morgan fingerprint density at radius 3 is 2.29 bits per heavy atom. The SMILES string of the molecule is CCCCCCCCCC(=O)N1CCN(C(=O)CCCSc2nnc(-c3ccccc3Cl)n2-c2ccccc2)CC1C. The number of halogens is 1. The Morgan fingerprint density at radius 1 is 0.857 bits per heavy atom. The van der Waals surface area contributed by atoms with E-state index in [0.717, 1.165) is 41.4 Å². The summed E-state index contributed by atoms with van der Waals surface area (Å²) in [5.41, 5.74) is 1.79. The second kappa shape index (κ2) is 16.7. The molecule has 2 amide bonds. The summed E-state index contributed by atoms with van der Waals surface area (Å²) in [6.07, 6.45) is 10.3. The lowest BCUT2D eigenvalue weighted by Gasteiger charge is -2.40. The summed E-state index contributed by atoms with van der Waals surface area (Å²) in [5, 5.41) is 10.3. The maximum atomic E-state index is 13.0. The standard InChI is InChI=1S/C33H44ClN5O2S/c1-3-4-5-6-7-8-12-20-31(41)38-23-22-37(25-26(38)2)30(40)21-15-24-42-33-36-35-32(28-18-13-14-19-29(28)34)39(33)27-16-10-9-11-17-27/h9-11,13-14,16-19,26H,3-8,12,15,20-25H2,1-2H3. The molecular weight excluding hydrogens is 566 g/mol. The average molecular weight is 610 g/mol. The highest BCUT2D eigenvalue weighted by molar-refractivity contribution is 7.99. The highest BCUT2D eigenvalue weighted by Crippen LogP contribution is 2.32. The molecule has 9 heteroatoms. The van der Waals surface area contributed by atoms with Gasteiger partial charge in [-0.25, -0.2) is 0 Å². The number of amides is 2. The summed E-state index contributed by atoms with van der Waals surface area (Å²) < 4.78 is 2.03. The Kier molecular flexibility index (Phi) is 12.8. The molecule has 0 aliphatic carbocycles. The monoisotopic (exact) mass is 609 g/mol. The van der Waals surface area contributed by atoms with E-state index in [9.17, 15) is 9.59 Å². The fourth-order valence-corrected chi connectivity index (χ4v) is 6.58. The molecule has 0 saturated carbocycles. The van der Waals surface area contributed by atoms with Crippen molar-refractivity contribution in [1.82, 2.24) is 24.6 Å². The molecule has 0 radical (unpaired) electrons. The van der Waals surface area contributed by atoms with Gasteiger partial charge in [-0.2, -0.15) is 0 Å². The van der Waals surface area contributed by atoms with E-state index in [4.69, 9.17) is 11.6 Å². The van der Waals surface area contributed by atoms with Gasteiger partial charge in [0.15, 0.2) is 11.0 Å². The molecule has 1 aliphatic heterocycles. The zero-order chi connectivity index (χ0) is 29.7. The van der Waals surface area contributed by atoms with Crippen molar-refractivity contribution in [2.45, 2.75) is 89.3 Å². The molecule has 2 aromatic carbocycles. The van der Waals surface area contributed by atoms with Crippen molar-refractivity contribution in [3.05, 3.63) is 59.6 Å². The van der Waals surface area contributed by atoms with Crippen LogP contribution in [-0.4, -0.2) is 67.8 Å². The fraction of sp³-hybridized carbons (Fsp3) is 0.515. The summed E-state index contributed by atoms with van der Waals surface area (Å²) in [5.74, 6) is 1.82. The summed E-state index contributed by atoms with van der Waals surface area (Å²) in [6, 6.07) is 17.7. The number of thioether (sulfide) groups is 1. The maximum absolute atomic E-state index is 13.0. The van der Waals surface area contributed by atoms with Crippen LogP contribution in [0, 0.1) is 0 Å². The summed E-state index contributed by atoms with van der Waals surface area (Å²) in [6.45, 7) is 6.14. The van der Waals surface area contributed by atoms with Crippen molar-refractivity contribution in [2.24, 2.45) is 0 Å². The molecule has 3 aromatic rings. The van der Waals surface area contributed by atoms with Gasteiger partial charge in [-0.3, -0.25) is 14.2 Å². The van der Waals surface area contributed by atoms with Crippen LogP contribution < -0.4 is 0 Å². The summed E-state index contributed by atoms with van der Waals surface area (Å²) in [7, 11) is 0. The van der Waals surface area contributed by atoms with Gasteiger partial charge in [0.2, 0.25) is 11.8 Å². The van der Waals surface area contributed by atoms with E-state index in [1.807, 2.05) is 69.0 Å². The van der Waals surface area contributed by atoms with Gasteiger partial charge in [0.05, 0.1) is 5.02 Å². The number of unbranched alkanes of at least 4 members (excludes halogenated alkanes) is 6. The van der Waals surface area contributed by atoms with Crippen LogP contribution in [0.2, 0.25) is 5.02 Å². The second-order valence-corrected chi connectivity index (χ2v) is 12.5. The number of nitrogens with zero attached hydrogens (tertiary/aromatic N) is 5. The zero-order valence-corrected chi connectivity index (χ0v) is 26.6. The molecule has 1 fully saturated rings. The quantitative estimate of drug-likeness (QED) is 0.131. The Balaban J connectivity index is 1.24. The highest BCUT2D eigenvalue weighted by atomic mass is 35.5. The Labute approximate surface area is 260 Å². The molecule has 226 valence electrons. The van der Waals surface area contributed by atoms with Gasteiger partial charge in [-0.1, -0.05) is 99.1 Å². The van der Waals surface area contributed by atoms with Crippen LogP contribution in [0.4, 0.5) is 0 Å². The van der Waals surface area contributed by atoms with Crippen molar-refractivity contribution < 1.29 is 9.59 Å². The van der Waals surface area contributed by atoms with E-state index >= 15 is 0 Å². The lowest BCUT2D eigenvalue weighted by molar-refractivity contribution is -0.142. The molecule has 4 rings (SSSR count). The van der Waals surface area contributed by atoms with Crippen molar-refractivity contribution in [1.29, 1.82) is 0 Å². The molecule has 1 aromatic heterocycles. The number of para-hydroxylation sites is 1. The lowest BCUT2D eigenvalue weighted by Crippen LogP contribution is -2.55. The third-order valence-corrected chi connectivity index (χ3v) is 9.17. The summed E-state index contributed by atoms with van der Waals surface area (Å²) in [4.78, 5) is 29.7.